The third-order valence-electron chi connectivity index (χ3n) is 6.67. The highest BCUT2D eigenvalue weighted by Gasteiger charge is 2.43. The van der Waals surface area contributed by atoms with Gasteiger partial charge in [0.05, 0.1) is 22.8 Å². The minimum absolute atomic E-state index is 0.0106. The second kappa shape index (κ2) is 11.0. The summed E-state index contributed by atoms with van der Waals surface area (Å²) in [5.41, 5.74) is -1.18. The summed E-state index contributed by atoms with van der Waals surface area (Å²) in [6, 6.07) is 6.42. The first kappa shape index (κ1) is 28.6. The molecule has 0 radical (unpaired) electrons. The van der Waals surface area contributed by atoms with E-state index in [9.17, 15) is 26.7 Å². The van der Waals surface area contributed by atoms with Crippen LogP contribution in [-0.4, -0.2) is 62.6 Å². The monoisotopic (exact) mass is 581 g/mol. The lowest BCUT2D eigenvalue weighted by Crippen LogP contribution is -2.68. The molecule has 1 atom stereocenters. The highest BCUT2D eigenvalue weighted by Crippen LogP contribution is 2.38. The first-order valence-electron chi connectivity index (χ1n) is 11.7. The van der Waals surface area contributed by atoms with Gasteiger partial charge in [0.2, 0.25) is 0 Å². The van der Waals surface area contributed by atoms with Crippen LogP contribution in [0.15, 0.2) is 35.2 Å². The van der Waals surface area contributed by atoms with Crippen molar-refractivity contribution in [2.45, 2.75) is 42.9 Å². The molecule has 2 fully saturated rings. The van der Waals surface area contributed by atoms with Crippen LogP contribution in [0.3, 0.4) is 0 Å². The second-order valence-electron chi connectivity index (χ2n) is 9.31. The molecule has 2 heterocycles. The zero-order valence-corrected chi connectivity index (χ0v) is 22.4. The molecular formula is C24H28Cl2F3N3O4S. The van der Waals surface area contributed by atoms with Crippen molar-refractivity contribution in [3.05, 3.63) is 62.6 Å². The Bertz CT molecular complexity index is 1260. The van der Waals surface area contributed by atoms with Crippen LogP contribution in [0, 0.1) is 0 Å². The van der Waals surface area contributed by atoms with Gasteiger partial charge in [-0.05, 0) is 47.0 Å². The number of sulfone groups is 1. The Morgan fingerprint density at radius 3 is 2.59 bits per heavy atom. The van der Waals surface area contributed by atoms with Crippen LogP contribution in [0.5, 0.6) is 0 Å². The summed E-state index contributed by atoms with van der Waals surface area (Å²) in [7, 11) is -3.58. The predicted molar refractivity (Wildman–Crippen MR) is 134 cm³/mol. The number of morpholine rings is 1. The van der Waals surface area contributed by atoms with Crippen LogP contribution in [0.2, 0.25) is 10.0 Å². The number of rotatable bonds is 8. The number of aliphatic hydroxyl groups is 1. The molecule has 0 saturated carbocycles. The lowest BCUT2D eigenvalue weighted by molar-refractivity contribution is -0.142. The predicted octanol–water partition coefficient (Wildman–Crippen LogP) is 3.76. The molecule has 3 N–H and O–H groups in total. The van der Waals surface area contributed by atoms with Gasteiger partial charge >= 0.3 is 6.18 Å². The number of alkyl halides is 3. The Kier molecular flexibility index (Phi) is 8.47. The topological polar surface area (TPSA) is 90.9 Å². The van der Waals surface area contributed by atoms with Gasteiger partial charge in [0.25, 0.3) is 0 Å². The van der Waals surface area contributed by atoms with Crippen molar-refractivity contribution in [3.8, 4) is 0 Å². The van der Waals surface area contributed by atoms with Gasteiger partial charge in [0, 0.05) is 49.3 Å². The Balaban J connectivity index is 1.56. The van der Waals surface area contributed by atoms with Gasteiger partial charge in [-0.3, -0.25) is 10.2 Å². The molecule has 1 unspecified atom stereocenters. The average molecular weight is 582 g/mol. The summed E-state index contributed by atoms with van der Waals surface area (Å²) < 4.78 is 72.9. The third-order valence-corrected chi connectivity index (χ3v) is 9.07. The summed E-state index contributed by atoms with van der Waals surface area (Å²) in [4.78, 5) is 1.93. The maximum Gasteiger partial charge on any atom is 0.416 e. The number of hydrogen-bond acceptors (Lipinski definition) is 7. The smallest absolute Gasteiger partial charge is 0.374 e. The summed E-state index contributed by atoms with van der Waals surface area (Å²) in [5, 5.41) is 16.7. The molecule has 2 aliphatic rings. The van der Waals surface area contributed by atoms with E-state index < -0.39 is 27.8 Å². The van der Waals surface area contributed by atoms with Crippen molar-refractivity contribution >= 4 is 33.0 Å². The zero-order valence-electron chi connectivity index (χ0n) is 20.0. The highest BCUT2D eigenvalue weighted by atomic mass is 35.5. The van der Waals surface area contributed by atoms with Crippen LogP contribution < -0.4 is 10.6 Å². The van der Waals surface area contributed by atoms with Crippen molar-refractivity contribution in [1.29, 1.82) is 0 Å². The number of halogens is 5. The summed E-state index contributed by atoms with van der Waals surface area (Å²) in [5.74, 6) is -0.142. The fraction of sp³-hybridized carbons (Fsp3) is 0.500. The lowest BCUT2D eigenvalue weighted by Gasteiger charge is -2.48. The molecule has 0 amide bonds. The van der Waals surface area contributed by atoms with Crippen molar-refractivity contribution in [2.24, 2.45) is 0 Å². The molecule has 2 saturated heterocycles. The number of benzene rings is 2. The van der Waals surface area contributed by atoms with E-state index in [2.05, 4.69) is 10.6 Å². The van der Waals surface area contributed by atoms with Gasteiger partial charge in [-0.2, -0.15) is 13.2 Å². The Morgan fingerprint density at radius 1 is 1.24 bits per heavy atom. The molecule has 0 aliphatic carbocycles. The molecule has 37 heavy (non-hydrogen) atoms. The van der Waals surface area contributed by atoms with Gasteiger partial charge in [0.1, 0.15) is 11.8 Å². The van der Waals surface area contributed by atoms with Crippen molar-refractivity contribution < 1.29 is 31.4 Å². The van der Waals surface area contributed by atoms with E-state index in [0.29, 0.717) is 38.3 Å². The number of ether oxygens (including phenoxy) is 1. The fourth-order valence-electron chi connectivity index (χ4n) is 4.60. The van der Waals surface area contributed by atoms with Crippen molar-refractivity contribution in [3.63, 3.8) is 0 Å². The van der Waals surface area contributed by atoms with Gasteiger partial charge in [-0.1, -0.05) is 30.1 Å². The fourth-order valence-corrected chi connectivity index (χ4v) is 6.20. The largest absolute Gasteiger partial charge is 0.416 e. The van der Waals surface area contributed by atoms with Crippen LogP contribution in [-0.2, 0) is 33.8 Å². The minimum Gasteiger partial charge on any atom is -0.374 e. The van der Waals surface area contributed by atoms with Crippen LogP contribution in [0.4, 0.5) is 13.2 Å². The molecule has 0 aromatic heterocycles. The normalized spacial score (nSPS) is 19.1. The van der Waals surface area contributed by atoms with Crippen LogP contribution in [0.1, 0.15) is 35.4 Å². The molecule has 4 rings (SSSR count). The van der Waals surface area contributed by atoms with E-state index in [-0.39, 0.29) is 50.5 Å². The van der Waals surface area contributed by atoms with Crippen molar-refractivity contribution in [1.82, 2.24) is 15.5 Å². The molecule has 2 aromatic rings. The summed E-state index contributed by atoms with van der Waals surface area (Å²) in [6.07, 6.45) is -6.25. The third kappa shape index (κ3) is 6.42. The number of hydrogen-bond donors (Lipinski definition) is 3. The number of nitrogens with one attached hydrogen (secondary N) is 2. The highest BCUT2D eigenvalue weighted by molar-refractivity contribution is 7.91. The lowest BCUT2D eigenvalue weighted by atomic mass is 9.94. The first-order valence-corrected chi connectivity index (χ1v) is 14.1. The molecular weight excluding hydrogens is 554 g/mol. The van der Waals surface area contributed by atoms with E-state index >= 15 is 0 Å². The maximum atomic E-state index is 14.1. The van der Waals surface area contributed by atoms with E-state index in [1.54, 1.807) is 0 Å². The Morgan fingerprint density at radius 2 is 1.97 bits per heavy atom. The standard InChI is InChI=1S/C24H28Cl2F3N3O4S/c1-2-37(34,35)21-4-3-17(25)7-16(21)10-31-22(33)15-8-19(24(27,28)29)18(20(26)9-15)11-32-5-6-36-23(14-32)12-30-13-23/h3-4,7-9,22,30-31,33H,2,5-6,10-14H2,1H3. The molecule has 13 heteroatoms. The molecule has 1 spiro atoms. The quantitative estimate of drug-likeness (QED) is 0.409. The van der Waals surface area contributed by atoms with Gasteiger partial charge in [-0.25, -0.2) is 8.42 Å². The average Bonchev–Trinajstić information content (AvgIpc) is 2.82. The van der Waals surface area contributed by atoms with E-state index in [1.807, 2.05) is 4.90 Å². The Labute approximate surface area is 223 Å². The van der Waals surface area contributed by atoms with Gasteiger partial charge in [-0.15, -0.1) is 0 Å². The van der Waals surface area contributed by atoms with E-state index in [4.69, 9.17) is 27.9 Å². The summed E-state index contributed by atoms with van der Waals surface area (Å²) >= 11 is 12.4. The Hall–Kier alpha value is -1.44. The summed E-state index contributed by atoms with van der Waals surface area (Å²) in [6.45, 7) is 4.01. The number of nitrogens with zero attached hydrogens (tertiary/aromatic N) is 1. The number of aliphatic hydroxyl groups excluding tert-OH is 1. The minimum atomic E-state index is -4.70. The van der Waals surface area contributed by atoms with Crippen LogP contribution in [0.25, 0.3) is 0 Å². The second-order valence-corrected chi connectivity index (χ2v) is 12.4. The van der Waals surface area contributed by atoms with E-state index in [0.717, 1.165) is 6.07 Å². The van der Waals surface area contributed by atoms with E-state index in [1.165, 1.54) is 31.2 Å². The molecule has 7 nitrogen and oxygen atoms in total. The maximum absolute atomic E-state index is 14.1. The molecule has 204 valence electrons. The molecule has 2 aromatic carbocycles. The van der Waals surface area contributed by atoms with Gasteiger partial charge in [0.15, 0.2) is 9.84 Å². The van der Waals surface area contributed by atoms with Gasteiger partial charge < -0.3 is 15.2 Å². The van der Waals surface area contributed by atoms with Crippen molar-refractivity contribution in [2.75, 3.05) is 38.5 Å². The first-order chi connectivity index (χ1) is 17.3. The zero-order chi connectivity index (χ0) is 27.0. The van der Waals surface area contributed by atoms with Crippen LogP contribution >= 0.6 is 23.2 Å². The molecule has 0 bridgehead atoms. The SMILES string of the molecule is CCS(=O)(=O)c1ccc(Cl)cc1CNC(O)c1cc(Cl)c(CN2CCOC3(CNC3)C2)c(C(F)(F)F)c1. The molecule has 2 aliphatic heterocycles.